The summed E-state index contributed by atoms with van der Waals surface area (Å²) in [5.41, 5.74) is 2.38. The lowest BCUT2D eigenvalue weighted by Gasteiger charge is -2.16. The Kier molecular flexibility index (Phi) is 3.88. The summed E-state index contributed by atoms with van der Waals surface area (Å²) in [6.07, 6.45) is 8.73. The van der Waals surface area contributed by atoms with Gasteiger partial charge in [0.2, 0.25) is 0 Å². The van der Waals surface area contributed by atoms with Crippen molar-refractivity contribution in [1.82, 2.24) is 25.3 Å². The molecule has 1 aliphatic heterocycles. The topological polar surface area (TPSA) is 75.6 Å². The second-order valence-electron chi connectivity index (χ2n) is 5.78. The Balaban J connectivity index is 1.62. The molecule has 0 fully saturated rings. The Hall–Kier alpha value is -2.12. The molecule has 0 saturated carbocycles. The molecule has 0 bridgehead atoms. The predicted molar refractivity (Wildman–Crippen MR) is 91.6 cm³/mol. The summed E-state index contributed by atoms with van der Waals surface area (Å²) < 4.78 is 0. The molecule has 0 radical (unpaired) electrons. The summed E-state index contributed by atoms with van der Waals surface area (Å²) in [4.78, 5) is 19.9. The fraction of sp³-hybridized carbons (Fsp3) is 0.375. The maximum atomic E-state index is 4.50. The highest BCUT2D eigenvalue weighted by molar-refractivity contribution is 7.18. The molecule has 4 rings (SSSR count). The van der Waals surface area contributed by atoms with Crippen molar-refractivity contribution in [3.05, 3.63) is 41.1 Å². The number of nitrogens with one attached hydrogen (secondary N) is 2. The van der Waals surface area contributed by atoms with Crippen LogP contribution in [0.3, 0.4) is 0 Å². The third-order valence-corrected chi connectivity index (χ3v) is 5.16. The maximum absolute atomic E-state index is 4.50. The van der Waals surface area contributed by atoms with Crippen LogP contribution in [0.1, 0.15) is 23.1 Å². The van der Waals surface area contributed by atoms with Crippen molar-refractivity contribution in [3.8, 4) is 0 Å². The monoisotopic (exact) mass is 326 g/mol. The molecule has 0 unspecified atom stereocenters. The van der Waals surface area contributed by atoms with E-state index >= 15 is 0 Å². The SMILES string of the molecule is C[C@@H](Cc1cnccn1)Nc1ncnc2sc3c(c12)CCNC3. The Morgan fingerprint density at radius 3 is 3.13 bits per heavy atom. The van der Waals surface area contributed by atoms with E-state index in [0.717, 1.165) is 42.3 Å². The molecule has 0 aliphatic carbocycles. The van der Waals surface area contributed by atoms with E-state index in [1.165, 1.54) is 15.8 Å². The average molecular weight is 326 g/mol. The first-order valence-corrected chi connectivity index (χ1v) is 8.60. The second kappa shape index (κ2) is 6.17. The van der Waals surface area contributed by atoms with Crippen molar-refractivity contribution in [1.29, 1.82) is 0 Å². The van der Waals surface area contributed by atoms with Crippen molar-refractivity contribution >= 4 is 27.4 Å². The molecular weight excluding hydrogens is 308 g/mol. The van der Waals surface area contributed by atoms with Crippen molar-refractivity contribution in [2.75, 3.05) is 11.9 Å². The first-order chi connectivity index (χ1) is 11.3. The minimum atomic E-state index is 0.224. The molecule has 7 heteroatoms. The van der Waals surface area contributed by atoms with E-state index in [-0.39, 0.29) is 6.04 Å². The molecule has 3 aromatic heterocycles. The molecule has 1 atom stereocenters. The Labute approximate surface area is 138 Å². The highest BCUT2D eigenvalue weighted by Crippen LogP contribution is 2.35. The van der Waals surface area contributed by atoms with E-state index < -0.39 is 0 Å². The average Bonchev–Trinajstić information content (AvgIpc) is 2.95. The van der Waals surface area contributed by atoms with Crippen molar-refractivity contribution in [2.45, 2.75) is 32.4 Å². The van der Waals surface area contributed by atoms with E-state index in [1.807, 2.05) is 6.20 Å². The number of aromatic nitrogens is 4. The summed E-state index contributed by atoms with van der Waals surface area (Å²) >= 11 is 1.77. The number of fused-ring (bicyclic) bond motifs is 3. The van der Waals surface area contributed by atoms with Crippen LogP contribution in [0.4, 0.5) is 5.82 Å². The van der Waals surface area contributed by atoms with E-state index in [4.69, 9.17) is 0 Å². The molecule has 0 spiro atoms. The summed E-state index contributed by atoms with van der Waals surface area (Å²) in [6, 6.07) is 0.224. The van der Waals surface area contributed by atoms with Gasteiger partial charge in [0.15, 0.2) is 0 Å². The second-order valence-corrected chi connectivity index (χ2v) is 6.86. The zero-order chi connectivity index (χ0) is 15.6. The van der Waals surface area contributed by atoms with Crippen LogP contribution in [0.2, 0.25) is 0 Å². The lowest BCUT2D eigenvalue weighted by atomic mass is 10.1. The smallest absolute Gasteiger partial charge is 0.138 e. The highest BCUT2D eigenvalue weighted by atomic mass is 32.1. The summed E-state index contributed by atoms with van der Waals surface area (Å²) in [5.74, 6) is 0.936. The van der Waals surface area contributed by atoms with Gasteiger partial charge in [0.05, 0.1) is 11.1 Å². The van der Waals surface area contributed by atoms with Gasteiger partial charge in [0.1, 0.15) is 17.0 Å². The minimum absolute atomic E-state index is 0.224. The van der Waals surface area contributed by atoms with Crippen LogP contribution in [0.25, 0.3) is 10.2 Å². The fourth-order valence-corrected chi connectivity index (χ4v) is 4.16. The van der Waals surface area contributed by atoms with Gasteiger partial charge in [-0.15, -0.1) is 11.3 Å². The van der Waals surface area contributed by atoms with Gasteiger partial charge in [-0.3, -0.25) is 9.97 Å². The molecule has 23 heavy (non-hydrogen) atoms. The van der Waals surface area contributed by atoms with Gasteiger partial charge in [-0.1, -0.05) is 0 Å². The van der Waals surface area contributed by atoms with Crippen LogP contribution in [0, 0.1) is 0 Å². The van der Waals surface area contributed by atoms with E-state index in [0.29, 0.717) is 0 Å². The first-order valence-electron chi connectivity index (χ1n) is 7.78. The molecule has 0 saturated heterocycles. The standard InChI is InChI=1S/C16H18N6S/c1-10(6-11-7-18-4-5-19-11)22-15-14-12-2-3-17-8-13(12)23-16(14)21-9-20-15/h4-5,7,9-10,17H,2-3,6,8H2,1H3,(H,20,21,22)/t10-/m0/s1. The number of nitrogens with zero attached hydrogens (tertiary/aromatic N) is 4. The lowest BCUT2D eigenvalue weighted by Crippen LogP contribution is -2.23. The minimum Gasteiger partial charge on any atom is -0.367 e. The van der Waals surface area contributed by atoms with Crippen LogP contribution in [0.15, 0.2) is 24.9 Å². The molecule has 3 aromatic rings. The molecule has 118 valence electrons. The molecular formula is C16H18N6S. The number of anilines is 1. The maximum Gasteiger partial charge on any atom is 0.138 e. The van der Waals surface area contributed by atoms with Gasteiger partial charge < -0.3 is 10.6 Å². The zero-order valence-corrected chi connectivity index (χ0v) is 13.7. The van der Waals surface area contributed by atoms with Gasteiger partial charge in [0.25, 0.3) is 0 Å². The normalized spacial score (nSPS) is 15.3. The third-order valence-electron chi connectivity index (χ3n) is 4.02. The van der Waals surface area contributed by atoms with Gasteiger partial charge in [-0.2, -0.15) is 0 Å². The van der Waals surface area contributed by atoms with E-state index in [9.17, 15) is 0 Å². The Morgan fingerprint density at radius 2 is 2.26 bits per heavy atom. The Bertz CT molecular complexity index is 816. The molecule has 4 heterocycles. The van der Waals surface area contributed by atoms with E-state index in [2.05, 4.69) is 37.5 Å². The molecule has 0 aromatic carbocycles. The fourth-order valence-electron chi connectivity index (χ4n) is 3.00. The molecule has 6 nitrogen and oxygen atoms in total. The highest BCUT2D eigenvalue weighted by Gasteiger charge is 2.20. The number of thiophene rings is 1. The first kappa shape index (κ1) is 14.5. The van der Waals surface area contributed by atoms with Crippen LogP contribution in [-0.4, -0.2) is 32.5 Å². The van der Waals surface area contributed by atoms with Gasteiger partial charge in [0, 0.05) is 42.5 Å². The molecule has 2 N–H and O–H groups in total. The van der Waals surface area contributed by atoms with Gasteiger partial charge in [-0.05, 0) is 25.5 Å². The third kappa shape index (κ3) is 2.89. The zero-order valence-electron chi connectivity index (χ0n) is 12.9. The van der Waals surface area contributed by atoms with Crippen LogP contribution in [0.5, 0.6) is 0 Å². The van der Waals surface area contributed by atoms with Crippen molar-refractivity contribution < 1.29 is 0 Å². The van der Waals surface area contributed by atoms with Crippen LogP contribution >= 0.6 is 11.3 Å². The molecule has 0 amide bonds. The number of hydrogen-bond acceptors (Lipinski definition) is 7. The largest absolute Gasteiger partial charge is 0.367 e. The van der Waals surface area contributed by atoms with E-state index in [1.54, 1.807) is 30.1 Å². The van der Waals surface area contributed by atoms with Crippen molar-refractivity contribution in [2.24, 2.45) is 0 Å². The van der Waals surface area contributed by atoms with Crippen LogP contribution < -0.4 is 10.6 Å². The molecule has 1 aliphatic rings. The summed E-state index contributed by atoms with van der Waals surface area (Å²) in [5, 5.41) is 8.15. The number of rotatable bonds is 4. The lowest BCUT2D eigenvalue weighted by molar-refractivity contribution is 0.657. The van der Waals surface area contributed by atoms with Gasteiger partial charge in [-0.25, -0.2) is 9.97 Å². The Morgan fingerprint density at radius 1 is 1.30 bits per heavy atom. The number of hydrogen-bond donors (Lipinski definition) is 2. The van der Waals surface area contributed by atoms with Gasteiger partial charge >= 0.3 is 0 Å². The van der Waals surface area contributed by atoms with Crippen molar-refractivity contribution in [3.63, 3.8) is 0 Å². The summed E-state index contributed by atoms with van der Waals surface area (Å²) in [6.45, 7) is 4.09. The predicted octanol–water partition coefficient (Wildman–Crippen LogP) is 2.17. The quantitative estimate of drug-likeness (QED) is 0.765. The summed E-state index contributed by atoms with van der Waals surface area (Å²) in [7, 11) is 0. The van der Waals surface area contributed by atoms with Crippen LogP contribution in [-0.2, 0) is 19.4 Å².